The number of carbonyl (C=O) groups excluding carboxylic acids is 2. The molecule has 0 bridgehead atoms. The molecule has 10 heteroatoms. The first-order valence-corrected chi connectivity index (χ1v) is 11.8. The normalized spacial score (nSPS) is 18.0. The molecule has 3 aromatic heterocycles. The van der Waals surface area contributed by atoms with E-state index in [4.69, 9.17) is 5.73 Å². The first kappa shape index (κ1) is 22.3. The maximum Gasteiger partial charge on any atom is 0.248 e. The van der Waals surface area contributed by atoms with Crippen molar-refractivity contribution in [2.45, 2.75) is 32.9 Å². The van der Waals surface area contributed by atoms with Crippen molar-refractivity contribution in [2.75, 3.05) is 17.6 Å². The molecular formula is C24H24BrN7O2. The van der Waals surface area contributed by atoms with Gasteiger partial charge < -0.3 is 20.5 Å². The Morgan fingerprint density at radius 2 is 2.00 bits per heavy atom. The number of hydrogen-bond donors (Lipinski definition) is 2. The molecule has 1 aliphatic rings. The number of halogens is 1. The molecule has 4 aromatic rings. The van der Waals surface area contributed by atoms with Crippen molar-refractivity contribution in [3.63, 3.8) is 0 Å². The van der Waals surface area contributed by atoms with E-state index in [1.165, 1.54) is 6.33 Å². The Morgan fingerprint density at radius 3 is 2.79 bits per heavy atom. The summed E-state index contributed by atoms with van der Waals surface area (Å²) in [4.78, 5) is 41.2. The van der Waals surface area contributed by atoms with E-state index < -0.39 is 6.04 Å². The number of likely N-dealkylation sites (tertiary alicyclic amines) is 1. The number of nitrogens with one attached hydrogen (secondary N) is 1. The third-order valence-electron chi connectivity index (χ3n) is 6.28. The van der Waals surface area contributed by atoms with Crippen LogP contribution in [-0.4, -0.2) is 48.8 Å². The predicted octanol–water partition coefficient (Wildman–Crippen LogP) is 3.51. The third kappa shape index (κ3) is 3.87. The number of nitrogens with zero attached hydrogens (tertiary/aromatic N) is 5. The van der Waals surface area contributed by atoms with Crippen molar-refractivity contribution in [2.24, 2.45) is 5.92 Å². The molecule has 4 heterocycles. The van der Waals surface area contributed by atoms with Gasteiger partial charge in [0.1, 0.15) is 40.8 Å². The lowest BCUT2D eigenvalue weighted by Gasteiger charge is -2.24. The number of aromatic nitrogens is 4. The van der Waals surface area contributed by atoms with Crippen LogP contribution in [0.2, 0.25) is 0 Å². The lowest BCUT2D eigenvalue weighted by Crippen LogP contribution is -2.44. The summed E-state index contributed by atoms with van der Waals surface area (Å²) >= 11 is 3.31. The van der Waals surface area contributed by atoms with Gasteiger partial charge in [-0.25, -0.2) is 15.0 Å². The number of para-hydroxylation sites is 1. The summed E-state index contributed by atoms with van der Waals surface area (Å²) in [6.45, 7) is 4.59. The maximum atomic E-state index is 13.6. The van der Waals surface area contributed by atoms with Crippen LogP contribution in [0.3, 0.4) is 0 Å². The average Bonchev–Trinajstić information content (AvgIpc) is 3.34. The van der Waals surface area contributed by atoms with Crippen molar-refractivity contribution < 1.29 is 9.59 Å². The maximum absolute atomic E-state index is 13.6. The van der Waals surface area contributed by atoms with Crippen LogP contribution in [0.4, 0.5) is 11.6 Å². The SMILES string of the molecule is Cc1cccc2c3c(N)ncnc3n(CC(=O)N3C[C@H](C)C[C@H]3C(=O)Nc3cccc(Br)n3)c12. The lowest BCUT2D eigenvalue weighted by molar-refractivity contribution is -0.137. The molecule has 1 saturated heterocycles. The van der Waals surface area contributed by atoms with E-state index in [-0.39, 0.29) is 24.3 Å². The molecule has 5 rings (SSSR count). The molecule has 9 nitrogen and oxygen atoms in total. The average molecular weight is 522 g/mol. The quantitative estimate of drug-likeness (QED) is 0.396. The molecule has 174 valence electrons. The number of pyridine rings is 1. The molecular weight excluding hydrogens is 498 g/mol. The number of aryl methyl sites for hydroxylation is 1. The van der Waals surface area contributed by atoms with E-state index in [2.05, 4.69) is 36.2 Å². The van der Waals surface area contributed by atoms with Crippen LogP contribution in [-0.2, 0) is 16.1 Å². The van der Waals surface area contributed by atoms with Crippen LogP contribution in [0.15, 0.2) is 47.3 Å². The number of rotatable bonds is 4. The van der Waals surface area contributed by atoms with E-state index >= 15 is 0 Å². The fraction of sp³-hybridized carbons (Fsp3) is 0.292. The van der Waals surface area contributed by atoms with Gasteiger partial charge in [0.25, 0.3) is 0 Å². The van der Waals surface area contributed by atoms with Gasteiger partial charge in [-0.05, 0) is 52.9 Å². The molecule has 0 unspecified atom stereocenters. The van der Waals surface area contributed by atoms with Crippen molar-refractivity contribution in [3.05, 3.63) is 52.9 Å². The molecule has 0 aliphatic carbocycles. The number of nitrogen functional groups attached to an aromatic ring is 1. The van der Waals surface area contributed by atoms with E-state index in [9.17, 15) is 9.59 Å². The molecule has 0 spiro atoms. The third-order valence-corrected chi connectivity index (χ3v) is 6.72. The molecule has 3 N–H and O–H groups in total. The van der Waals surface area contributed by atoms with Crippen LogP contribution < -0.4 is 11.1 Å². The van der Waals surface area contributed by atoms with Gasteiger partial charge in [-0.2, -0.15) is 0 Å². The summed E-state index contributed by atoms with van der Waals surface area (Å²) in [5.41, 5.74) is 8.69. The highest BCUT2D eigenvalue weighted by Gasteiger charge is 2.38. The highest BCUT2D eigenvalue weighted by Crippen LogP contribution is 2.33. The van der Waals surface area contributed by atoms with E-state index in [0.29, 0.717) is 34.9 Å². The Morgan fingerprint density at radius 1 is 1.21 bits per heavy atom. The number of amides is 2. The Balaban J connectivity index is 1.47. The molecule has 1 fully saturated rings. The Hall–Kier alpha value is -3.53. The van der Waals surface area contributed by atoms with E-state index in [1.54, 1.807) is 23.1 Å². The Kier molecular flexibility index (Phi) is 5.68. The first-order valence-electron chi connectivity index (χ1n) is 11.0. The molecule has 2 atom stereocenters. The monoisotopic (exact) mass is 521 g/mol. The van der Waals surface area contributed by atoms with Crippen LogP contribution in [0.25, 0.3) is 21.9 Å². The second-order valence-electron chi connectivity index (χ2n) is 8.75. The zero-order valence-corrected chi connectivity index (χ0v) is 20.4. The van der Waals surface area contributed by atoms with Gasteiger partial charge in [-0.3, -0.25) is 9.59 Å². The molecule has 0 radical (unpaired) electrons. The number of hydrogen-bond acceptors (Lipinski definition) is 6. The van der Waals surface area contributed by atoms with Crippen LogP contribution >= 0.6 is 15.9 Å². The summed E-state index contributed by atoms with van der Waals surface area (Å²) in [6.07, 6.45) is 2.00. The van der Waals surface area contributed by atoms with Crippen LogP contribution in [0, 0.1) is 12.8 Å². The zero-order chi connectivity index (χ0) is 24.0. The van der Waals surface area contributed by atoms with Gasteiger partial charge in [0.05, 0.1) is 10.9 Å². The summed E-state index contributed by atoms with van der Waals surface area (Å²) in [5.74, 6) is 0.629. The summed E-state index contributed by atoms with van der Waals surface area (Å²) in [7, 11) is 0. The topological polar surface area (TPSA) is 119 Å². The summed E-state index contributed by atoms with van der Waals surface area (Å²) in [5, 5.41) is 4.49. The van der Waals surface area contributed by atoms with Crippen LogP contribution in [0.1, 0.15) is 18.9 Å². The molecule has 34 heavy (non-hydrogen) atoms. The molecule has 1 aromatic carbocycles. The van der Waals surface area contributed by atoms with Gasteiger partial charge in [-0.1, -0.05) is 31.2 Å². The fourth-order valence-electron chi connectivity index (χ4n) is 4.81. The van der Waals surface area contributed by atoms with Gasteiger partial charge in [0.2, 0.25) is 11.8 Å². The standard InChI is InChI=1S/C24H24BrN7O2/c1-13-9-16(24(34)30-18-8-4-7-17(25)29-18)31(10-13)19(33)11-32-21-14(2)5-3-6-15(21)20-22(26)27-12-28-23(20)32/h3-8,12-13,16H,9-11H2,1-2H3,(H2,26,27,28)(H,29,30,34)/t13-,16+/m1/s1. The first-order chi connectivity index (χ1) is 16.3. The van der Waals surface area contributed by atoms with Gasteiger partial charge >= 0.3 is 0 Å². The predicted molar refractivity (Wildman–Crippen MR) is 134 cm³/mol. The van der Waals surface area contributed by atoms with Gasteiger partial charge in [0.15, 0.2) is 0 Å². The van der Waals surface area contributed by atoms with Crippen molar-refractivity contribution in [3.8, 4) is 0 Å². The minimum Gasteiger partial charge on any atom is -0.383 e. The second kappa shape index (κ2) is 8.68. The number of carbonyl (C=O) groups is 2. The number of nitrogens with two attached hydrogens (primary N) is 1. The highest BCUT2D eigenvalue weighted by atomic mass is 79.9. The highest BCUT2D eigenvalue weighted by molar-refractivity contribution is 9.10. The van der Waals surface area contributed by atoms with Crippen molar-refractivity contribution >= 4 is 61.3 Å². The van der Waals surface area contributed by atoms with E-state index in [1.807, 2.05) is 36.6 Å². The zero-order valence-electron chi connectivity index (χ0n) is 18.8. The second-order valence-corrected chi connectivity index (χ2v) is 9.56. The summed E-state index contributed by atoms with van der Waals surface area (Å²) < 4.78 is 2.51. The molecule has 2 amide bonds. The number of benzene rings is 1. The van der Waals surface area contributed by atoms with Gasteiger partial charge in [-0.15, -0.1) is 0 Å². The van der Waals surface area contributed by atoms with Crippen LogP contribution in [0.5, 0.6) is 0 Å². The van der Waals surface area contributed by atoms with Gasteiger partial charge in [0, 0.05) is 11.9 Å². The Labute approximate surface area is 204 Å². The van der Waals surface area contributed by atoms with Crippen molar-refractivity contribution in [1.29, 1.82) is 0 Å². The minimum absolute atomic E-state index is 0.0486. The lowest BCUT2D eigenvalue weighted by atomic mass is 10.1. The smallest absolute Gasteiger partial charge is 0.248 e. The van der Waals surface area contributed by atoms with Crippen molar-refractivity contribution in [1.82, 2.24) is 24.4 Å². The largest absolute Gasteiger partial charge is 0.383 e. The Bertz CT molecular complexity index is 1430. The summed E-state index contributed by atoms with van der Waals surface area (Å²) in [6, 6.07) is 10.6. The minimum atomic E-state index is -0.572. The fourth-order valence-corrected chi connectivity index (χ4v) is 5.16. The van der Waals surface area contributed by atoms with E-state index in [0.717, 1.165) is 21.9 Å². The number of fused-ring (bicyclic) bond motifs is 3. The molecule has 0 saturated carbocycles. The number of anilines is 2. The molecule has 1 aliphatic heterocycles.